The van der Waals surface area contributed by atoms with E-state index in [0.29, 0.717) is 11.4 Å². The van der Waals surface area contributed by atoms with Crippen LogP contribution in [0.1, 0.15) is 0 Å². The fourth-order valence-electron chi connectivity index (χ4n) is 0.505. The van der Waals surface area contributed by atoms with Crippen molar-refractivity contribution in [1.29, 1.82) is 0 Å². The van der Waals surface area contributed by atoms with E-state index in [9.17, 15) is 0 Å². The second kappa shape index (κ2) is 1.74. The largest absolute Gasteiger partial charge is 0.398 e. The van der Waals surface area contributed by atoms with Gasteiger partial charge in [0.1, 0.15) is 0 Å². The number of hydrogen-bond acceptors (Lipinski definition) is 2. The van der Waals surface area contributed by atoms with E-state index < -0.39 is 0 Å². The first-order chi connectivity index (χ1) is 3.79. The molecule has 0 saturated carbocycles. The summed E-state index contributed by atoms with van der Waals surface area (Å²) in [5, 5.41) is 0. The van der Waals surface area contributed by atoms with Crippen LogP contribution in [0.25, 0.3) is 0 Å². The van der Waals surface area contributed by atoms with Gasteiger partial charge in [0.05, 0.1) is 0 Å². The van der Waals surface area contributed by atoms with Crippen LogP contribution in [0.5, 0.6) is 0 Å². The van der Waals surface area contributed by atoms with Gasteiger partial charge in [-0.2, -0.15) is 0 Å². The monoisotopic (exact) mass is 107 g/mol. The third-order valence-electron chi connectivity index (χ3n) is 0.840. The highest BCUT2D eigenvalue weighted by Crippen LogP contribution is 2.04. The molecule has 0 spiro atoms. The van der Waals surface area contributed by atoms with Crippen molar-refractivity contribution in [3.63, 3.8) is 0 Å². The minimum Gasteiger partial charge on any atom is -0.398 e. The van der Waals surface area contributed by atoms with Crippen molar-refractivity contribution in [3.8, 4) is 0 Å². The first-order valence-electron chi connectivity index (χ1n) is 2.32. The Morgan fingerprint density at radius 3 is 1.88 bits per heavy atom. The molecule has 2 nitrogen and oxygen atoms in total. The summed E-state index contributed by atoms with van der Waals surface area (Å²) in [4.78, 5) is 0. The molecular weight excluding hydrogens is 100 g/mol. The molecule has 0 saturated heterocycles. The number of benzene rings is 1. The maximum atomic E-state index is 5.32. The molecule has 0 heterocycles. The second-order valence-corrected chi connectivity index (χ2v) is 1.56. The van der Waals surface area contributed by atoms with E-state index in [2.05, 4.69) is 6.07 Å². The standard InChI is InChI=1S/C6H7N2/c7-5-2-1-3-6(8)4-5/h1-3H,7-8H2. The van der Waals surface area contributed by atoms with Gasteiger partial charge in [-0.15, -0.1) is 0 Å². The molecule has 1 aromatic rings. The van der Waals surface area contributed by atoms with Gasteiger partial charge in [-0.1, -0.05) is 6.07 Å². The summed E-state index contributed by atoms with van der Waals surface area (Å²) in [6, 6.07) is 8.01. The molecule has 0 aromatic heterocycles. The summed E-state index contributed by atoms with van der Waals surface area (Å²) in [5.74, 6) is 0. The Bertz CT molecular complexity index is 166. The minimum absolute atomic E-state index is 0.588. The number of hydrogen-bond donors (Lipinski definition) is 2. The Labute approximate surface area is 48.1 Å². The van der Waals surface area contributed by atoms with Gasteiger partial charge in [0, 0.05) is 17.4 Å². The molecule has 0 aliphatic carbocycles. The molecule has 0 fully saturated rings. The normalized spacial score (nSPS) is 9.00. The van der Waals surface area contributed by atoms with Crippen LogP contribution >= 0.6 is 0 Å². The van der Waals surface area contributed by atoms with Gasteiger partial charge >= 0.3 is 0 Å². The Morgan fingerprint density at radius 1 is 1.12 bits per heavy atom. The number of anilines is 2. The average Bonchev–Trinajstić information content (AvgIpc) is 1.64. The van der Waals surface area contributed by atoms with Crippen LogP contribution in [0.15, 0.2) is 18.2 Å². The van der Waals surface area contributed by atoms with E-state index in [4.69, 9.17) is 11.5 Å². The van der Waals surface area contributed by atoms with E-state index in [0.717, 1.165) is 0 Å². The predicted molar refractivity (Wildman–Crippen MR) is 34.1 cm³/mol. The summed E-state index contributed by atoms with van der Waals surface area (Å²) < 4.78 is 0. The van der Waals surface area contributed by atoms with E-state index in [-0.39, 0.29) is 0 Å². The van der Waals surface area contributed by atoms with E-state index in [1.165, 1.54) is 0 Å². The maximum absolute atomic E-state index is 5.32. The summed E-state index contributed by atoms with van der Waals surface area (Å²) >= 11 is 0. The molecule has 1 rings (SSSR count). The summed E-state index contributed by atoms with van der Waals surface area (Å²) in [6.07, 6.45) is 0. The number of rotatable bonds is 0. The number of nitrogen functional groups attached to an aromatic ring is 2. The summed E-state index contributed by atoms with van der Waals surface area (Å²) in [6.45, 7) is 0. The lowest BCUT2D eigenvalue weighted by Crippen LogP contribution is -1.88. The molecule has 0 bridgehead atoms. The first-order valence-corrected chi connectivity index (χ1v) is 2.32. The highest BCUT2D eigenvalue weighted by Gasteiger charge is 1.82. The second-order valence-electron chi connectivity index (χ2n) is 1.56. The molecule has 1 radical (unpaired) electrons. The molecule has 2 heteroatoms. The SMILES string of the molecule is Nc1[c]c(N)ccc1. The fraction of sp³-hybridized carbons (Fsp3) is 0. The van der Waals surface area contributed by atoms with E-state index >= 15 is 0 Å². The molecular formula is C6H7N2. The van der Waals surface area contributed by atoms with Crippen LogP contribution in [0.3, 0.4) is 0 Å². The van der Waals surface area contributed by atoms with Crippen LogP contribution in [-0.2, 0) is 0 Å². The Morgan fingerprint density at radius 2 is 1.62 bits per heavy atom. The topological polar surface area (TPSA) is 52.0 Å². The molecule has 4 N–H and O–H groups in total. The van der Waals surface area contributed by atoms with Gasteiger partial charge in [0.2, 0.25) is 0 Å². The summed E-state index contributed by atoms with van der Waals surface area (Å²) in [5.41, 5.74) is 11.8. The first kappa shape index (κ1) is 4.97. The van der Waals surface area contributed by atoms with Crippen molar-refractivity contribution in [2.45, 2.75) is 0 Å². The zero-order chi connectivity index (χ0) is 5.98. The Hall–Kier alpha value is -1.18. The quantitative estimate of drug-likeness (QED) is 0.478. The minimum atomic E-state index is 0.588. The van der Waals surface area contributed by atoms with Crippen molar-refractivity contribution in [1.82, 2.24) is 0 Å². The highest BCUT2D eigenvalue weighted by molar-refractivity contribution is 5.49. The van der Waals surface area contributed by atoms with Crippen molar-refractivity contribution in [3.05, 3.63) is 24.3 Å². The lowest BCUT2D eigenvalue weighted by Gasteiger charge is -1.90. The van der Waals surface area contributed by atoms with Crippen LogP contribution in [-0.4, -0.2) is 0 Å². The Kier molecular flexibility index (Phi) is 1.08. The van der Waals surface area contributed by atoms with Gasteiger partial charge in [-0.25, -0.2) is 0 Å². The fourth-order valence-corrected chi connectivity index (χ4v) is 0.505. The van der Waals surface area contributed by atoms with Gasteiger partial charge in [0.15, 0.2) is 0 Å². The van der Waals surface area contributed by atoms with Crippen molar-refractivity contribution < 1.29 is 0 Å². The van der Waals surface area contributed by atoms with E-state index in [1.807, 2.05) is 0 Å². The Balaban J connectivity index is 3.08. The highest BCUT2D eigenvalue weighted by atomic mass is 14.6. The number of nitrogens with two attached hydrogens (primary N) is 2. The molecule has 0 aliphatic heterocycles. The third-order valence-corrected chi connectivity index (χ3v) is 0.840. The summed E-state index contributed by atoms with van der Waals surface area (Å²) in [7, 11) is 0. The van der Waals surface area contributed by atoms with Crippen LogP contribution in [0, 0.1) is 6.07 Å². The third kappa shape index (κ3) is 0.904. The predicted octanol–water partition coefficient (Wildman–Crippen LogP) is 0.651. The zero-order valence-corrected chi connectivity index (χ0v) is 4.39. The smallest absolute Gasteiger partial charge is 0.0416 e. The van der Waals surface area contributed by atoms with Crippen molar-refractivity contribution in [2.75, 3.05) is 11.5 Å². The van der Waals surface area contributed by atoms with Crippen LogP contribution in [0.2, 0.25) is 0 Å². The van der Waals surface area contributed by atoms with Gasteiger partial charge < -0.3 is 11.5 Å². The zero-order valence-electron chi connectivity index (χ0n) is 4.39. The lowest BCUT2D eigenvalue weighted by molar-refractivity contribution is 1.65. The van der Waals surface area contributed by atoms with E-state index in [1.54, 1.807) is 18.2 Å². The van der Waals surface area contributed by atoms with Gasteiger partial charge in [0.25, 0.3) is 0 Å². The van der Waals surface area contributed by atoms with Crippen LogP contribution < -0.4 is 11.5 Å². The maximum Gasteiger partial charge on any atom is 0.0416 e. The van der Waals surface area contributed by atoms with Gasteiger partial charge in [-0.3, -0.25) is 0 Å². The average molecular weight is 107 g/mol. The molecule has 0 atom stereocenters. The molecule has 8 heavy (non-hydrogen) atoms. The van der Waals surface area contributed by atoms with Gasteiger partial charge in [-0.05, 0) is 12.1 Å². The molecule has 0 aliphatic rings. The lowest BCUT2D eigenvalue weighted by atomic mass is 10.3. The van der Waals surface area contributed by atoms with Crippen molar-refractivity contribution in [2.24, 2.45) is 0 Å². The molecule has 0 amide bonds. The molecule has 1 aromatic carbocycles. The van der Waals surface area contributed by atoms with Crippen LogP contribution in [0.4, 0.5) is 11.4 Å². The molecule has 0 unspecified atom stereocenters. The van der Waals surface area contributed by atoms with Crippen molar-refractivity contribution >= 4 is 11.4 Å². The molecule has 41 valence electrons.